The van der Waals surface area contributed by atoms with Gasteiger partial charge in [0.15, 0.2) is 5.82 Å². The van der Waals surface area contributed by atoms with Gasteiger partial charge in [0.05, 0.1) is 22.4 Å². The summed E-state index contributed by atoms with van der Waals surface area (Å²) in [4.78, 5) is 28.2. The molecule has 0 saturated heterocycles. The average Bonchev–Trinajstić information content (AvgIpc) is 3.61. The van der Waals surface area contributed by atoms with E-state index in [4.69, 9.17) is 11.6 Å². The van der Waals surface area contributed by atoms with E-state index in [1.165, 1.54) is 7.05 Å². The van der Waals surface area contributed by atoms with Crippen molar-refractivity contribution in [3.8, 4) is 17.3 Å². The number of hydrogen-bond donors (Lipinski definition) is 3. The molecular weight excluding hydrogens is 549 g/mol. The molecule has 11 nitrogen and oxygen atoms in total. The molecule has 194 valence electrons. The minimum atomic E-state index is -5.20. The molecule has 0 spiro atoms. The summed E-state index contributed by atoms with van der Waals surface area (Å²) in [6.45, 7) is 0. The van der Waals surface area contributed by atoms with Gasteiger partial charge in [-0.2, -0.15) is 27.6 Å². The predicted octanol–water partition coefficient (Wildman–Crippen LogP) is 4.93. The number of aromatic nitrogens is 6. The number of carbonyl (C=O) groups excluding carboxylic acids is 2. The van der Waals surface area contributed by atoms with Crippen molar-refractivity contribution >= 4 is 62.4 Å². The van der Waals surface area contributed by atoms with Crippen LogP contribution in [0.15, 0.2) is 48.7 Å². The highest BCUT2D eigenvalue weighted by Crippen LogP contribution is 2.33. The number of aromatic amines is 1. The van der Waals surface area contributed by atoms with Crippen molar-refractivity contribution in [1.82, 2.24) is 29.3 Å². The smallest absolute Gasteiger partial charge is 0.399 e. The van der Waals surface area contributed by atoms with Gasteiger partial charge in [-0.15, -0.1) is 5.10 Å². The second-order valence-electron chi connectivity index (χ2n) is 7.72. The molecule has 0 fully saturated rings. The van der Waals surface area contributed by atoms with Crippen LogP contribution in [-0.4, -0.2) is 47.4 Å². The standard InChI is InChI=1S/C22H14ClF3N8O3S/c1-34-15(8-16(32-34)37-20(36)22(24,25)26)19(35)28-11-4-2-3-10(7-11)18-30-21(38-33-18)29-14-6-5-13-12(17(14)23)9-27-31-13/h2-9H,1H3,(H,27,31)(H,28,35)(H,29,30,33). The zero-order valence-electron chi connectivity index (χ0n) is 19.0. The zero-order chi connectivity index (χ0) is 27.0. The fourth-order valence-corrected chi connectivity index (χ4v) is 4.24. The highest BCUT2D eigenvalue weighted by Gasteiger charge is 2.42. The average molecular weight is 563 g/mol. The van der Waals surface area contributed by atoms with Gasteiger partial charge >= 0.3 is 12.1 Å². The summed E-state index contributed by atoms with van der Waals surface area (Å²) in [6, 6.07) is 11.2. The monoisotopic (exact) mass is 562 g/mol. The number of rotatable bonds is 6. The van der Waals surface area contributed by atoms with E-state index in [-0.39, 0.29) is 5.69 Å². The molecule has 0 radical (unpaired) electrons. The third-order valence-electron chi connectivity index (χ3n) is 5.12. The van der Waals surface area contributed by atoms with Crippen molar-refractivity contribution in [1.29, 1.82) is 0 Å². The molecule has 0 unspecified atom stereocenters. The van der Waals surface area contributed by atoms with Crippen LogP contribution in [0.25, 0.3) is 22.3 Å². The Balaban J connectivity index is 1.29. The molecule has 5 aromatic rings. The number of halogens is 4. The molecule has 38 heavy (non-hydrogen) atoms. The van der Waals surface area contributed by atoms with Gasteiger partial charge in [-0.1, -0.05) is 23.7 Å². The summed E-state index contributed by atoms with van der Waals surface area (Å²) < 4.78 is 46.8. The Morgan fingerprint density at radius 2 is 2.00 bits per heavy atom. The summed E-state index contributed by atoms with van der Waals surface area (Å²) in [6.07, 6.45) is -3.57. The third-order valence-corrected chi connectivity index (χ3v) is 6.16. The van der Waals surface area contributed by atoms with Crippen molar-refractivity contribution in [2.75, 3.05) is 10.6 Å². The maximum absolute atomic E-state index is 12.7. The summed E-state index contributed by atoms with van der Waals surface area (Å²) in [5, 5.41) is 17.9. The number of H-pyrrole nitrogens is 1. The van der Waals surface area contributed by atoms with Gasteiger partial charge in [-0.3, -0.25) is 14.6 Å². The van der Waals surface area contributed by atoms with Crippen LogP contribution in [0, 0.1) is 0 Å². The van der Waals surface area contributed by atoms with E-state index < -0.39 is 23.9 Å². The van der Waals surface area contributed by atoms with Crippen molar-refractivity contribution in [3.63, 3.8) is 0 Å². The number of nitrogens with zero attached hydrogens (tertiary/aromatic N) is 5. The Labute approximate surface area is 219 Å². The van der Waals surface area contributed by atoms with Crippen LogP contribution < -0.4 is 15.4 Å². The van der Waals surface area contributed by atoms with E-state index in [1.54, 1.807) is 36.5 Å². The number of nitrogens with one attached hydrogen (secondary N) is 3. The van der Waals surface area contributed by atoms with Crippen molar-refractivity contribution in [2.45, 2.75) is 6.18 Å². The fourth-order valence-electron chi connectivity index (χ4n) is 3.37. The van der Waals surface area contributed by atoms with Gasteiger partial charge < -0.3 is 15.4 Å². The lowest BCUT2D eigenvalue weighted by molar-refractivity contribution is -0.190. The van der Waals surface area contributed by atoms with Gasteiger partial charge in [0.1, 0.15) is 5.69 Å². The molecule has 1 amide bonds. The Bertz CT molecular complexity index is 1680. The molecule has 0 saturated carbocycles. The summed E-state index contributed by atoms with van der Waals surface area (Å²) in [5.74, 6) is -3.41. The van der Waals surface area contributed by atoms with Crippen LogP contribution in [0.4, 0.5) is 29.7 Å². The number of aryl methyl sites for hydroxylation is 1. The van der Waals surface area contributed by atoms with E-state index in [9.17, 15) is 22.8 Å². The molecule has 0 atom stereocenters. The fraction of sp³-hybridized carbons (Fsp3) is 0.0909. The van der Waals surface area contributed by atoms with Crippen LogP contribution in [0.1, 0.15) is 10.5 Å². The minimum absolute atomic E-state index is 0.134. The molecule has 5 rings (SSSR count). The number of amides is 1. The van der Waals surface area contributed by atoms with Gasteiger partial charge in [0, 0.05) is 41.3 Å². The third kappa shape index (κ3) is 5.14. The van der Waals surface area contributed by atoms with E-state index in [0.717, 1.165) is 33.2 Å². The molecule has 3 aromatic heterocycles. The van der Waals surface area contributed by atoms with E-state index in [1.807, 2.05) is 6.07 Å². The molecular formula is C22H14ClF3N8O3S. The molecule has 0 aliphatic heterocycles. The highest BCUT2D eigenvalue weighted by atomic mass is 35.5. The first-order chi connectivity index (χ1) is 18.1. The first-order valence-electron chi connectivity index (χ1n) is 10.6. The summed E-state index contributed by atoms with van der Waals surface area (Å²) in [5.41, 5.74) is 2.24. The molecule has 0 aliphatic carbocycles. The van der Waals surface area contributed by atoms with E-state index >= 15 is 0 Å². The van der Waals surface area contributed by atoms with E-state index in [0.29, 0.717) is 32.9 Å². The van der Waals surface area contributed by atoms with Gasteiger partial charge in [-0.05, 0) is 24.3 Å². The quantitative estimate of drug-likeness (QED) is 0.247. The summed E-state index contributed by atoms with van der Waals surface area (Å²) in [7, 11) is 1.32. The number of carbonyl (C=O) groups is 2. The van der Waals surface area contributed by atoms with Crippen LogP contribution in [0.3, 0.4) is 0 Å². The number of anilines is 3. The number of ether oxygens (including phenoxy) is 1. The Morgan fingerprint density at radius 1 is 1.18 bits per heavy atom. The Hall–Kier alpha value is -4.50. The lowest BCUT2D eigenvalue weighted by Crippen LogP contribution is -2.28. The van der Waals surface area contributed by atoms with Crippen molar-refractivity contribution in [3.05, 3.63) is 59.4 Å². The van der Waals surface area contributed by atoms with E-state index in [2.05, 4.69) is 40.0 Å². The first-order valence-corrected chi connectivity index (χ1v) is 11.7. The van der Waals surface area contributed by atoms with Crippen LogP contribution in [-0.2, 0) is 11.8 Å². The van der Waals surface area contributed by atoms with Crippen molar-refractivity contribution < 1.29 is 27.5 Å². The first kappa shape index (κ1) is 25.2. The van der Waals surface area contributed by atoms with Crippen LogP contribution in [0.2, 0.25) is 5.02 Å². The maximum atomic E-state index is 12.7. The van der Waals surface area contributed by atoms with Gasteiger partial charge in [-0.25, -0.2) is 4.79 Å². The largest absolute Gasteiger partial charge is 0.491 e. The number of alkyl halides is 3. The Morgan fingerprint density at radius 3 is 2.79 bits per heavy atom. The lowest BCUT2D eigenvalue weighted by Gasteiger charge is -2.06. The molecule has 3 N–H and O–H groups in total. The number of benzene rings is 2. The van der Waals surface area contributed by atoms with Gasteiger partial charge in [0.25, 0.3) is 5.91 Å². The highest BCUT2D eigenvalue weighted by molar-refractivity contribution is 7.10. The topological polar surface area (TPSA) is 140 Å². The number of fused-ring (bicyclic) bond motifs is 1. The second-order valence-corrected chi connectivity index (χ2v) is 8.85. The summed E-state index contributed by atoms with van der Waals surface area (Å²) >= 11 is 7.56. The lowest BCUT2D eigenvalue weighted by atomic mass is 10.2. The molecule has 2 aromatic carbocycles. The predicted molar refractivity (Wildman–Crippen MR) is 133 cm³/mol. The Kier molecular flexibility index (Phi) is 6.46. The number of hydrogen-bond acceptors (Lipinski definition) is 9. The molecule has 16 heteroatoms. The normalized spacial score (nSPS) is 11.5. The molecule has 0 aliphatic rings. The zero-order valence-corrected chi connectivity index (χ0v) is 20.6. The second kappa shape index (κ2) is 9.75. The SMILES string of the molecule is Cn1nc(OC(=O)C(F)(F)F)cc1C(=O)Nc1cccc(-c2nsc(Nc3ccc4[nH]ncc4c3Cl)n2)c1. The van der Waals surface area contributed by atoms with Crippen LogP contribution in [0.5, 0.6) is 5.88 Å². The van der Waals surface area contributed by atoms with Gasteiger partial charge in [0.2, 0.25) is 11.0 Å². The van der Waals surface area contributed by atoms with Crippen molar-refractivity contribution in [2.24, 2.45) is 7.05 Å². The number of esters is 1. The molecule has 3 heterocycles. The molecule has 0 bridgehead atoms. The maximum Gasteiger partial charge on any atom is 0.491 e. The minimum Gasteiger partial charge on any atom is -0.399 e. The van der Waals surface area contributed by atoms with Crippen LogP contribution >= 0.6 is 23.1 Å².